The Labute approximate surface area is 235 Å². The van der Waals surface area contributed by atoms with Crippen LogP contribution in [-0.4, -0.2) is 43.5 Å². The normalized spacial score (nSPS) is 11.7. The number of hydrogen-bond donors (Lipinski definition) is 3. The Morgan fingerprint density at radius 2 is 1.78 bits per heavy atom. The predicted octanol–water partition coefficient (Wildman–Crippen LogP) is 5.25. The number of rotatable bonds is 6. The molecule has 15 heteroatoms. The van der Waals surface area contributed by atoms with Crippen molar-refractivity contribution >= 4 is 60.9 Å². The number of anilines is 3. The molecule has 0 atom stereocenters. The largest absolute Gasteiger partial charge is 0.506 e. The van der Waals surface area contributed by atoms with Gasteiger partial charge >= 0.3 is 0 Å². The molecule has 0 saturated heterocycles. The molecule has 6 aromatic rings. The van der Waals surface area contributed by atoms with Crippen LogP contribution in [0, 0.1) is 18.6 Å². The number of phenolic OH excluding ortho intramolecular Hbond substituents is 1. The molecule has 6 rings (SSSR count). The van der Waals surface area contributed by atoms with Crippen molar-refractivity contribution in [3.8, 4) is 11.6 Å². The number of aromatic hydroxyl groups is 1. The van der Waals surface area contributed by atoms with Crippen LogP contribution in [0.5, 0.6) is 5.75 Å². The van der Waals surface area contributed by atoms with E-state index in [4.69, 9.17) is 11.6 Å². The average Bonchev–Trinajstić information content (AvgIpc) is 3.39. The molecule has 3 heterocycles. The molecule has 11 nitrogen and oxygen atoms in total. The van der Waals surface area contributed by atoms with Gasteiger partial charge in [0.25, 0.3) is 10.0 Å². The summed E-state index contributed by atoms with van der Waals surface area (Å²) in [5.41, 5.74) is 0.294. The van der Waals surface area contributed by atoms with E-state index in [0.29, 0.717) is 11.0 Å². The van der Waals surface area contributed by atoms with Gasteiger partial charge in [-0.15, -0.1) is 5.10 Å². The Balaban J connectivity index is 1.40. The molecule has 0 aliphatic carbocycles. The number of nitrogens with one attached hydrogen (secondary N) is 2. The van der Waals surface area contributed by atoms with Crippen LogP contribution >= 0.6 is 11.6 Å². The quantitative estimate of drug-likeness (QED) is 0.235. The number of benzene rings is 3. The van der Waals surface area contributed by atoms with Gasteiger partial charge in [0.1, 0.15) is 34.6 Å². The summed E-state index contributed by atoms with van der Waals surface area (Å²) in [5, 5.41) is 20.9. The van der Waals surface area contributed by atoms with E-state index >= 15 is 4.39 Å². The Kier molecular flexibility index (Phi) is 6.35. The maximum absolute atomic E-state index is 15.6. The summed E-state index contributed by atoms with van der Waals surface area (Å²) in [5.74, 6) is -2.08. The summed E-state index contributed by atoms with van der Waals surface area (Å²) >= 11 is 6.05. The van der Waals surface area contributed by atoms with Crippen molar-refractivity contribution in [3.63, 3.8) is 0 Å². The number of phenols is 1. The van der Waals surface area contributed by atoms with Crippen molar-refractivity contribution in [1.29, 1.82) is 0 Å². The third-order valence-electron chi connectivity index (χ3n) is 6.23. The molecule has 206 valence electrons. The van der Waals surface area contributed by atoms with Gasteiger partial charge in [0.05, 0.1) is 16.1 Å². The Hall–Kier alpha value is -4.95. The van der Waals surface area contributed by atoms with E-state index in [1.165, 1.54) is 42.2 Å². The van der Waals surface area contributed by atoms with E-state index in [9.17, 15) is 17.9 Å². The topological polar surface area (TPSA) is 148 Å². The number of pyridine rings is 1. The first-order chi connectivity index (χ1) is 19.6. The third kappa shape index (κ3) is 4.62. The fourth-order valence-electron chi connectivity index (χ4n) is 4.18. The predicted molar refractivity (Wildman–Crippen MR) is 148 cm³/mol. The van der Waals surface area contributed by atoms with Crippen LogP contribution in [0.2, 0.25) is 5.02 Å². The highest BCUT2D eigenvalue weighted by Crippen LogP contribution is 2.33. The smallest absolute Gasteiger partial charge is 0.262 e. The zero-order chi connectivity index (χ0) is 28.9. The van der Waals surface area contributed by atoms with Gasteiger partial charge in [0.15, 0.2) is 23.0 Å². The fourth-order valence-corrected chi connectivity index (χ4v) is 5.74. The molecule has 0 amide bonds. The van der Waals surface area contributed by atoms with E-state index in [2.05, 4.69) is 35.3 Å². The van der Waals surface area contributed by atoms with Gasteiger partial charge in [-0.1, -0.05) is 28.9 Å². The molecule has 0 bridgehead atoms. The molecular weight excluding hydrogens is 578 g/mol. The van der Waals surface area contributed by atoms with E-state index in [-0.39, 0.29) is 43.9 Å². The molecule has 41 heavy (non-hydrogen) atoms. The van der Waals surface area contributed by atoms with E-state index in [1.54, 1.807) is 24.3 Å². The lowest BCUT2D eigenvalue weighted by molar-refractivity contribution is 0.480. The van der Waals surface area contributed by atoms with Crippen molar-refractivity contribution in [1.82, 2.24) is 29.9 Å². The van der Waals surface area contributed by atoms with Gasteiger partial charge in [0.2, 0.25) is 0 Å². The molecule has 0 fully saturated rings. The number of hydrogen-bond acceptors (Lipinski definition) is 9. The van der Waals surface area contributed by atoms with E-state index in [0.717, 1.165) is 12.1 Å². The zero-order valence-corrected chi connectivity index (χ0v) is 22.4. The molecule has 0 saturated carbocycles. The molecule has 0 radical (unpaired) electrons. The number of fused-ring (bicyclic) bond motifs is 2. The fraction of sp³-hybridized carbons (Fsp3) is 0.0385. The maximum Gasteiger partial charge on any atom is 0.262 e. The summed E-state index contributed by atoms with van der Waals surface area (Å²) in [6.07, 6.45) is 1.18. The van der Waals surface area contributed by atoms with Gasteiger partial charge in [0, 0.05) is 5.02 Å². The van der Waals surface area contributed by atoms with Crippen LogP contribution in [0.3, 0.4) is 0 Å². The molecular formula is C26H17ClF2N8O3S. The first-order valence-electron chi connectivity index (χ1n) is 11.8. The van der Waals surface area contributed by atoms with Crippen molar-refractivity contribution in [2.75, 3.05) is 10.0 Å². The highest BCUT2D eigenvalue weighted by atomic mass is 35.5. The minimum Gasteiger partial charge on any atom is -0.506 e. The second-order valence-corrected chi connectivity index (χ2v) is 10.8. The van der Waals surface area contributed by atoms with Crippen molar-refractivity contribution in [3.05, 3.63) is 89.2 Å². The van der Waals surface area contributed by atoms with Gasteiger partial charge in [-0.3, -0.25) is 4.72 Å². The van der Waals surface area contributed by atoms with Crippen LogP contribution in [0.1, 0.15) is 5.56 Å². The molecule has 3 aromatic heterocycles. The number of sulfonamides is 1. The summed E-state index contributed by atoms with van der Waals surface area (Å²) in [7, 11) is -4.27. The second kappa shape index (κ2) is 9.91. The SMILES string of the molecule is Cc1c(Cl)cccc1S(=O)(=O)Nc1ccc(F)c(Nc2ncnc3ccc(-n4nnc5c(O)cccc54)nc23)c1F. The van der Waals surface area contributed by atoms with Crippen molar-refractivity contribution in [2.45, 2.75) is 11.8 Å². The van der Waals surface area contributed by atoms with Gasteiger partial charge in [-0.05, 0) is 61.0 Å². The lowest BCUT2D eigenvalue weighted by atomic mass is 10.2. The molecule has 3 aromatic carbocycles. The number of aromatic nitrogens is 6. The minimum atomic E-state index is -4.27. The van der Waals surface area contributed by atoms with Gasteiger partial charge in [-0.2, -0.15) is 4.68 Å². The first kappa shape index (κ1) is 26.3. The summed E-state index contributed by atoms with van der Waals surface area (Å²) < 4.78 is 60.0. The molecule has 0 spiro atoms. The number of nitrogens with zero attached hydrogens (tertiary/aromatic N) is 6. The van der Waals surface area contributed by atoms with Gasteiger partial charge < -0.3 is 10.4 Å². The highest BCUT2D eigenvalue weighted by molar-refractivity contribution is 7.92. The van der Waals surface area contributed by atoms with Crippen LogP contribution in [0.15, 0.2) is 71.9 Å². The van der Waals surface area contributed by atoms with Gasteiger partial charge in [-0.25, -0.2) is 32.2 Å². The number of halogens is 3. The standard InChI is InChI=1S/C26H17ClF2N8O3S/c1-13-14(27)4-2-7-20(13)41(39,40)35-16-9-8-15(28)23(22(16)29)33-26-24-17(30-12-31-26)10-11-21(32-24)37-18-5-3-6-19(38)25(18)34-36-37/h2-12,35,38H,1H3,(H,30,31,33). The molecule has 0 aliphatic rings. The van der Waals surface area contributed by atoms with Crippen LogP contribution in [0.25, 0.3) is 27.9 Å². The highest BCUT2D eigenvalue weighted by Gasteiger charge is 2.23. The lowest BCUT2D eigenvalue weighted by Crippen LogP contribution is -2.16. The molecule has 0 unspecified atom stereocenters. The summed E-state index contributed by atoms with van der Waals surface area (Å²) in [6, 6.07) is 14.1. The second-order valence-electron chi connectivity index (χ2n) is 8.78. The minimum absolute atomic E-state index is 0.0624. The Bertz CT molecular complexity index is 2110. The Morgan fingerprint density at radius 3 is 2.61 bits per heavy atom. The maximum atomic E-state index is 15.6. The summed E-state index contributed by atoms with van der Waals surface area (Å²) in [4.78, 5) is 12.6. The average molecular weight is 595 g/mol. The van der Waals surface area contributed by atoms with Crippen LogP contribution < -0.4 is 10.0 Å². The molecule has 0 aliphatic heterocycles. The zero-order valence-electron chi connectivity index (χ0n) is 20.8. The summed E-state index contributed by atoms with van der Waals surface area (Å²) in [6.45, 7) is 1.51. The van der Waals surface area contributed by atoms with E-state index < -0.39 is 33.0 Å². The Morgan fingerprint density at radius 1 is 0.976 bits per heavy atom. The molecule has 3 N–H and O–H groups in total. The lowest BCUT2D eigenvalue weighted by Gasteiger charge is -2.15. The first-order valence-corrected chi connectivity index (χ1v) is 13.7. The third-order valence-corrected chi connectivity index (χ3v) is 8.15. The van der Waals surface area contributed by atoms with Crippen LogP contribution in [-0.2, 0) is 10.0 Å². The van der Waals surface area contributed by atoms with Crippen LogP contribution in [0.4, 0.5) is 26.0 Å². The van der Waals surface area contributed by atoms with Crippen molar-refractivity contribution in [2.24, 2.45) is 0 Å². The van der Waals surface area contributed by atoms with E-state index in [1.807, 2.05) is 0 Å². The monoisotopic (exact) mass is 594 g/mol. The van der Waals surface area contributed by atoms with Crippen molar-refractivity contribution < 1.29 is 22.3 Å².